The zero-order valence-electron chi connectivity index (χ0n) is 11.3. The Morgan fingerprint density at radius 1 is 1.33 bits per heavy atom. The first-order chi connectivity index (χ1) is 9.83. The highest BCUT2D eigenvalue weighted by molar-refractivity contribution is 5.51. The van der Waals surface area contributed by atoms with Gasteiger partial charge in [0.05, 0.1) is 11.5 Å². The molecular weight excluding hydrogens is 287 g/mol. The molecule has 0 aromatic heterocycles. The molecule has 1 aliphatic heterocycles. The van der Waals surface area contributed by atoms with E-state index in [1.165, 1.54) is 17.0 Å². The maximum Gasteiger partial charge on any atom is 0.401 e. The Labute approximate surface area is 119 Å². The van der Waals surface area contributed by atoms with Crippen molar-refractivity contribution in [2.24, 2.45) is 0 Å². The molecule has 1 N–H and O–H groups in total. The van der Waals surface area contributed by atoms with Gasteiger partial charge in [-0.3, -0.25) is 15.0 Å². The van der Waals surface area contributed by atoms with Crippen molar-refractivity contribution in [3.8, 4) is 0 Å². The number of nitrogens with one attached hydrogen (secondary N) is 1. The molecule has 5 nitrogen and oxygen atoms in total. The summed E-state index contributed by atoms with van der Waals surface area (Å²) in [5.74, 6) is 0. The number of nitro benzene ring substituents is 1. The van der Waals surface area contributed by atoms with Gasteiger partial charge in [-0.05, 0) is 18.9 Å². The van der Waals surface area contributed by atoms with Crippen molar-refractivity contribution >= 4 is 11.4 Å². The molecule has 0 atom stereocenters. The Balaban J connectivity index is 1.86. The number of halogens is 3. The van der Waals surface area contributed by atoms with Crippen LogP contribution in [0.2, 0.25) is 0 Å². The van der Waals surface area contributed by atoms with E-state index in [4.69, 9.17) is 0 Å². The van der Waals surface area contributed by atoms with Gasteiger partial charge in [-0.1, -0.05) is 6.07 Å². The highest BCUT2D eigenvalue weighted by Gasteiger charge is 2.32. The number of benzene rings is 1. The van der Waals surface area contributed by atoms with Gasteiger partial charge in [0, 0.05) is 37.0 Å². The molecule has 116 valence electrons. The van der Waals surface area contributed by atoms with E-state index >= 15 is 0 Å². The highest BCUT2D eigenvalue weighted by atomic mass is 19.4. The summed E-state index contributed by atoms with van der Waals surface area (Å²) in [5.41, 5.74) is 0.618. The number of hydrogen-bond acceptors (Lipinski definition) is 4. The standard InChI is InChI=1S/C13H16F3N3O2/c14-13(15,16)9-18-6-4-10(5-7-18)17-11-2-1-3-12(8-11)19(20)21/h1-3,8,10,17H,4-7,9H2. The fraction of sp³-hybridized carbons (Fsp3) is 0.538. The van der Waals surface area contributed by atoms with E-state index in [-0.39, 0.29) is 11.7 Å². The fourth-order valence-corrected chi connectivity index (χ4v) is 2.43. The van der Waals surface area contributed by atoms with Gasteiger partial charge in [0.2, 0.25) is 0 Å². The Bertz CT molecular complexity index is 500. The average Bonchev–Trinajstić information content (AvgIpc) is 2.40. The Kier molecular flexibility index (Phi) is 4.66. The van der Waals surface area contributed by atoms with Crippen LogP contribution in [-0.4, -0.2) is 41.7 Å². The summed E-state index contributed by atoms with van der Waals surface area (Å²) >= 11 is 0. The topological polar surface area (TPSA) is 58.4 Å². The lowest BCUT2D eigenvalue weighted by molar-refractivity contribution is -0.384. The van der Waals surface area contributed by atoms with Crippen LogP contribution in [0.5, 0.6) is 0 Å². The number of non-ortho nitro benzene ring substituents is 1. The lowest BCUT2D eigenvalue weighted by atomic mass is 10.0. The predicted molar refractivity (Wildman–Crippen MR) is 72.2 cm³/mol. The quantitative estimate of drug-likeness (QED) is 0.686. The van der Waals surface area contributed by atoms with E-state index in [0.717, 1.165) is 0 Å². The second-order valence-electron chi connectivity index (χ2n) is 5.12. The molecule has 21 heavy (non-hydrogen) atoms. The van der Waals surface area contributed by atoms with Gasteiger partial charge in [0.15, 0.2) is 0 Å². The van der Waals surface area contributed by atoms with Crippen LogP contribution in [0.25, 0.3) is 0 Å². The summed E-state index contributed by atoms with van der Waals surface area (Å²) in [6, 6.07) is 6.17. The van der Waals surface area contributed by atoms with Crippen molar-refractivity contribution < 1.29 is 18.1 Å². The van der Waals surface area contributed by atoms with Crippen LogP contribution in [0, 0.1) is 10.1 Å². The third-order valence-electron chi connectivity index (χ3n) is 3.42. The fourth-order valence-electron chi connectivity index (χ4n) is 2.43. The SMILES string of the molecule is O=[N+]([O-])c1cccc(NC2CCN(CC(F)(F)F)CC2)c1. The monoisotopic (exact) mass is 303 g/mol. The molecule has 2 rings (SSSR count). The van der Waals surface area contributed by atoms with Crippen molar-refractivity contribution in [1.29, 1.82) is 0 Å². The lowest BCUT2D eigenvalue weighted by Crippen LogP contribution is -2.43. The summed E-state index contributed by atoms with van der Waals surface area (Å²) in [6.45, 7) is -0.144. The first-order valence-electron chi connectivity index (χ1n) is 6.63. The average molecular weight is 303 g/mol. The molecule has 0 saturated carbocycles. The summed E-state index contributed by atoms with van der Waals surface area (Å²) in [6.07, 6.45) is -3.00. The smallest absolute Gasteiger partial charge is 0.382 e. The van der Waals surface area contributed by atoms with E-state index in [1.54, 1.807) is 12.1 Å². The number of likely N-dealkylation sites (tertiary alicyclic amines) is 1. The third kappa shape index (κ3) is 4.89. The van der Waals surface area contributed by atoms with Crippen molar-refractivity contribution in [1.82, 2.24) is 4.90 Å². The number of anilines is 1. The molecule has 0 radical (unpaired) electrons. The van der Waals surface area contributed by atoms with Crippen LogP contribution < -0.4 is 5.32 Å². The van der Waals surface area contributed by atoms with Gasteiger partial charge < -0.3 is 5.32 Å². The van der Waals surface area contributed by atoms with Gasteiger partial charge in [0.25, 0.3) is 5.69 Å². The van der Waals surface area contributed by atoms with Crippen LogP contribution in [0.3, 0.4) is 0 Å². The first-order valence-corrected chi connectivity index (χ1v) is 6.63. The zero-order chi connectivity index (χ0) is 15.5. The van der Waals surface area contributed by atoms with Crippen LogP contribution in [-0.2, 0) is 0 Å². The van der Waals surface area contributed by atoms with E-state index in [2.05, 4.69) is 5.32 Å². The number of nitro groups is 1. The Morgan fingerprint density at radius 3 is 2.57 bits per heavy atom. The molecule has 1 fully saturated rings. The summed E-state index contributed by atoms with van der Waals surface area (Å²) in [7, 11) is 0. The zero-order valence-corrected chi connectivity index (χ0v) is 11.3. The summed E-state index contributed by atoms with van der Waals surface area (Å²) < 4.78 is 36.8. The minimum atomic E-state index is -4.17. The van der Waals surface area contributed by atoms with Gasteiger partial charge in [-0.25, -0.2) is 0 Å². The maximum absolute atomic E-state index is 12.3. The van der Waals surface area contributed by atoms with Gasteiger partial charge >= 0.3 is 6.18 Å². The minimum absolute atomic E-state index is 0.00509. The molecular formula is C13H16F3N3O2. The molecule has 0 aliphatic carbocycles. The molecule has 1 heterocycles. The molecule has 0 bridgehead atoms. The molecule has 0 unspecified atom stereocenters. The summed E-state index contributed by atoms with van der Waals surface area (Å²) in [4.78, 5) is 11.6. The van der Waals surface area contributed by atoms with Crippen molar-refractivity contribution in [2.75, 3.05) is 25.0 Å². The Hall–Kier alpha value is -1.83. The Morgan fingerprint density at radius 2 is 2.00 bits per heavy atom. The second-order valence-corrected chi connectivity index (χ2v) is 5.12. The molecule has 8 heteroatoms. The number of piperidine rings is 1. The number of nitrogens with zero attached hydrogens (tertiary/aromatic N) is 2. The predicted octanol–water partition coefficient (Wildman–Crippen LogP) is 3.03. The number of alkyl halides is 3. The van der Waals surface area contributed by atoms with Crippen LogP contribution in [0.4, 0.5) is 24.5 Å². The molecule has 1 aromatic rings. The summed E-state index contributed by atoms with van der Waals surface area (Å²) in [5, 5.41) is 13.8. The second kappa shape index (κ2) is 6.30. The van der Waals surface area contributed by atoms with Crippen LogP contribution in [0.1, 0.15) is 12.8 Å². The van der Waals surface area contributed by atoms with E-state index < -0.39 is 17.6 Å². The largest absolute Gasteiger partial charge is 0.401 e. The van der Waals surface area contributed by atoms with Crippen molar-refractivity contribution in [3.05, 3.63) is 34.4 Å². The van der Waals surface area contributed by atoms with E-state index in [0.29, 0.717) is 31.6 Å². The molecule has 1 aromatic carbocycles. The lowest BCUT2D eigenvalue weighted by Gasteiger charge is -2.33. The minimum Gasteiger partial charge on any atom is -0.382 e. The maximum atomic E-state index is 12.3. The number of hydrogen-bond donors (Lipinski definition) is 1. The molecule has 1 aliphatic rings. The molecule has 0 spiro atoms. The van der Waals surface area contributed by atoms with Crippen LogP contribution in [0.15, 0.2) is 24.3 Å². The van der Waals surface area contributed by atoms with Crippen molar-refractivity contribution in [3.63, 3.8) is 0 Å². The number of rotatable bonds is 4. The van der Waals surface area contributed by atoms with Crippen LogP contribution >= 0.6 is 0 Å². The van der Waals surface area contributed by atoms with E-state index in [1.807, 2.05) is 0 Å². The third-order valence-corrected chi connectivity index (χ3v) is 3.42. The van der Waals surface area contributed by atoms with Gasteiger partial charge in [0.1, 0.15) is 0 Å². The first kappa shape index (κ1) is 15.6. The molecule has 1 saturated heterocycles. The van der Waals surface area contributed by atoms with Gasteiger partial charge in [-0.15, -0.1) is 0 Å². The highest BCUT2D eigenvalue weighted by Crippen LogP contribution is 2.23. The van der Waals surface area contributed by atoms with E-state index in [9.17, 15) is 23.3 Å². The van der Waals surface area contributed by atoms with Gasteiger partial charge in [-0.2, -0.15) is 13.2 Å². The van der Waals surface area contributed by atoms with Crippen molar-refractivity contribution in [2.45, 2.75) is 25.1 Å². The normalized spacial score (nSPS) is 17.7. The molecule has 0 amide bonds.